The number of rotatable bonds is 9. The first-order valence-corrected chi connectivity index (χ1v) is 9.52. The highest BCUT2D eigenvalue weighted by Gasteiger charge is 2.30. The molecule has 0 heterocycles. The van der Waals surface area contributed by atoms with Crippen molar-refractivity contribution in [1.82, 2.24) is 9.62 Å². The molecule has 0 aliphatic carbocycles. The lowest BCUT2D eigenvalue weighted by Gasteiger charge is -2.24. The minimum absolute atomic E-state index is 0.0604. The molecule has 2 atom stereocenters. The van der Waals surface area contributed by atoms with Gasteiger partial charge in [-0.25, -0.2) is 9.10 Å². The Morgan fingerprint density at radius 3 is 2.32 bits per heavy atom. The third kappa shape index (κ3) is 7.08. The number of hydrogen-bond acceptors (Lipinski definition) is 8. The number of esters is 1. The Kier molecular flexibility index (Phi) is 8.53. The summed E-state index contributed by atoms with van der Waals surface area (Å²) >= 11 is 3.84. The molecule has 0 aliphatic rings. The van der Waals surface area contributed by atoms with Crippen molar-refractivity contribution in [2.45, 2.75) is 32.2 Å². The molecule has 0 spiro atoms. The summed E-state index contributed by atoms with van der Waals surface area (Å²) in [4.78, 5) is 46.5. The van der Waals surface area contributed by atoms with E-state index in [9.17, 15) is 29.6 Å². The summed E-state index contributed by atoms with van der Waals surface area (Å²) in [5.74, 6) is -2.38. The van der Waals surface area contributed by atoms with Gasteiger partial charge in [0.05, 0.1) is 11.3 Å². The number of aliphatic hydroxyl groups is 1. The molecule has 31 heavy (non-hydrogen) atoms. The minimum atomic E-state index is -2.01. The van der Waals surface area contributed by atoms with Crippen LogP contribution in [-0.2, 0) is 32.1 Å². The molecule has 164 valence electrons. The monoisotopic (exact) mass is 447 g/mol. The largest absolute Gasteiger partial charge is 0.457 e. The van der Waals surface area contributed by atoms with E-state index in [4.69, 9.17) is 4.74 Å². The molecule has 0 bridgehead atoms. The topological polar surface area (TPSA) is 139 Å². The van der Waals surface area contributed by atoms with Crippen LogP contribution in [0.15, 0.2) is 54.6 Å². The van der Waals surface area contributed by atoms with Gasteiger partial charge in [-0.15, -0.1) is 0 Å². The number of nitrogens with zero attached hydrogens (tertiary/aromatic N) is 2. The smallest absolute Gasteiger partial charge is 0.357 e. The van der Waals surface area contributed by atoms with Crippen molar-refractivity contribution in [1.29, 1.82) is 0 Å². The zero-order valence-electron chi connectivity index (χ0n) is 16.5. The Morgan fingerprint density at radius 1 is 1.13 bits per heavy atom. The molecule has 0 aromatic heterocycles. The van der Waals surface area contributed by atoms with Gasteiger partial charge in [0.15, 0.2) is 0 Å². The van der Waals surface area contributed by atoms with Crippen LogP contribution in [0.1, 0.15) is 18.1 Å². The van der Waals surface area contributed by atoms with Crippen LogP contribution >= 0.6 is 12.8 Å². The van der Waals surface area contributed by atoms with E-state index in [2.05, 4.69) is 18.1 Å². The van der Waals surface area contributed by atoms with Crippen LogP contribution in [0.25, 0.3) is 0 Å². The summed E-state index contributed by atoms with van der Waals surface area (Å²) in [5, 5.41) is 23.1. The van der Waals surface area contributed by atoms with Crippen molar-refractivity contribution in [3.05, 3.63) is 75.8 Å². The fourth-order valence-electron chi connectivity index (χ4n) is 2.50. The Bertz CT molecular complexity index is 938. The Hall–Kier alpha value is -3.44. The lowest BCUT2D eigenvalue weighted by molar-refractivity contribution is -0.384. The van der Waals surface area contributed by atoms with Crippen LogP contribution in [0.4, 0.5) is 5.69 Å². The van der Waals surface area contributed by atoms with Crippen LogP contribution in [-0.4, -0.2) is 44.4 Å². The number of nitrogens with one attached hydrogen (secondary N) is 1. The molecule has 0 aliphatic heterocycles. The van der Waals surface area contributed by atoms with E-state index in [0.29, 0.717) is 9.87 Å². The number of carbonyl (C=O) groups excluding carboxylic acids is 3. The number of aliphatic hydroxyl groups excluding tert-OH is 1. The van der Waals surface area contributed by atoms with Gasteiger partial charge in [-0.1, -0.05) is 43.1 Å². The highest BCUT2D eigenvalue weighted by Crippen LogP contribution is 2.13. The van der Waals surface area contributed by atoms with Gasteiger partial charge in [0.2, 0.25) is 12.1 Å². The zero-order valence-corrected chi connectivity index (χ0v) is 17.4. The molecule has 2 aromatic carbocycles. The number of carbonyl (C=O) groups is 3. The van der Waals surface area contributed by atoms with E-state index in [0.717, 1.165) is 5.56 Å². The second kappa shape index (κ2) is 11.1. The van der Waals surface area contributed by atoms with Crippen molar-refractivity contribution in [2.24, 2.45) is 0 Å². The first-order chi connectivity index (χ1) is 14.7. The Morgan fingerprint density at radius 2 is 1.74 bits per heavy atom. The van der Waals surface area contributed by atoms with Crippen LogP contribution in [0.2, 0.25) is 0 Å². The number of non-ortho nitro benzene ring substituents is 1. The van der Waals surface area contributed by atoms with Crippen molar-refractivity contribution < 1.29 is 29.2 Å². The number of ether oxygens (including phenoxy) is 1. The minimum Gasteiger partial charge on any atom is -0.457 e. The molecule has 10 nitrogen and oxygen atoms in total. The molecular weight excluding hydrogens is 426 g/mol. The van der Waals surface area contributed by atoms with Crippen LogP contribution in [0, 0.1) is 10.1 Å². The molecule has 2 amide bonds. The van der Waals surface area contributed by atoms with E-state index in [-0.39, 0.29) is 18.7 Å². The van der Waals surface area contributed by atoms with Crippen LogP contribution in [0.5, 0.6) is 0 Å². The molecule has 2 N–H and O–H groups in total. The van der Waals surface area contributed by atoms with E-state index in [1.54, 1.807) is 24.3 Å². The van der Waals surface area contributed by atoms with Crippen LogP contribution in [0.3, 0.4) is 0 Å². The SMILES string of the molecule is CC(NC(=O)Cc1ccccc1)C(=O)N(S)C(O)C(=O)OCc1ccc([N+](=O)[O-])cc1. The van der Waals surface area contributed by atoms with Crippen molar-refractivity contribution in [3.63, 3.8) is 0 Å². The number of hydrogen-bond donors (Lipinski definition) is 3. The highest BCUT2D eigenvalue weighted by molar-refractivity contribution is 7.78. The molecule has 0 radical (unpaired) electrons. The van der Waals surface area contributed by atoms with Crippen LogP contribution < -0.4 is 5.32 Å². The Balaban J connectivity index is 1.84. The van der Waals surface area contributed by atoms with Gasteiger partial charge in [0.1, 0.15) is 12.6 Å². The fraction of sp³-hybridized carbons (Fsp3) is 0.250. The lowest BCUT2D eigenvalue weighted by Crippen LogP contribution is -2.49. The average molecular weight is 447 g/mol. The number of nitro benzene ring substituents is 1. The van der Waals surface area contributed by atoms with Crippen molar-refractivity contribution >= 4 is 36.3 Å². The molecule has 11 heteroatoms. The maximum absolute atomic E-state index is 12.4. The molecule has 2 unspecified atom stereocenters. The van der Waals surface area contributed by atoms with Gasteiger partial charge >= 0.3 is 5.97 Å². The van der Waals surface area contributed by atoms with Gasteiger partial charge in [0.25, 0.3) is 11.6 Å². The average Bonchev–Trinajstić information content (AvgIpc) is 2.76. The quantitative estimate of drug-likeness (QED) is 0.173. The fourth-order valence-corrected chi connectivity index (χ4v) is 2.76. The van der Waals surface area contributed by atoms with Gasteiger partial charge in [-0.3, -0.25) is 19.7 Å². The van der Waals surface area contributed by atoms with E-state index in [1.807, 2.05) is 6.07 Å². The normalized spacial score (nSPS) is 12.4. The number of amides is 2. The van der Waals surface area contributed by atoms with Gasteiger partial charge in [-0.05, 0) is 30.2 Å². The standard InChI is InChI=1S/C20H21N3O7S/c1-13(21-17(24)11-14-5-3-2-4-6-14)18(25)22(31)19(26)20(27)30-12-15-7-9-16(10-8-15)23(28)29/h2-10,13,19,26,31H,11-12H2,1H3,(H,21,24). The van der Waals surface area contributed by atoms with Crippen molar-refractivity contribution in [3.8, 4) is 0 Å². The third-order valence-electron chi connectivity index (χ3n) is 4.15. The number of thiol groups is 1. The van der Waals surface area contributed by atoms with E-state index >= 15 is 0 Å². The number of nitro groups is 1. The summed E-state index contributed by atoms with van der Waals surface area (Å²) in [5.41, 5.74) is 1.09. The van der Waals surface area contributed by atoms with E-state index < -0.39 is 35.0 Å². The molecule has 0 saturated heterocycles. The first-order valence-electron chi connectivity index (χ1n) is 9.12. The summed E-state index contributed by atoms with van der Waals surface area (Å²) < 4.78 is 5.38. The molecule has 2 rings (SSSR count). The van der Waals surface area contributed by atoms with Gasteiger partial charge < -0.3 is 15.2 Å². The van der Waals surface area contributed by atoms with Gasteiger partial charge in [-0.2, -0.15) is 0 Å². The highest BCUT2D eigenvalue weighted by atomic mass is 32.1. The third-order valence-corrected chi connectivity index (χ3v) is 4.57. The summed E-state index contributed by atoms with van der Waals surface area (Å²) in [7, 11) is 0. The molecule has 2 aromatic rings. The molecular formula is C20H21N3O7S. The first kappa shape index (κ1) is 23.8. The second-order valence-electron chi connectivity index (χ2n) is 6.54. The summed E-state index contributed by atoms with van der Waals surface area (Å²) in [6.45, 7) is 1.12. The Labute approximate surface area is 183 Å². The lowest BCUT2D eigenvalue weighted by atomic mass is 10.1. The van der Waals surface area contributed by atoms with Crippen molar-refractivity contribution in [2.75, 3.05) is 0 Å². The molecule has 0 saturated carbocycles. The maximum atomic E-state index is 12.4. The maximum Gasteiger partial charge on any atom is 0.357 e. The summed E-state index contributed by atoms with van der Waals surface area (Å²) in [6.07, 6.45) is -1.95. The van der Waals surface area contributed by atoms with E-state index in [1.165, 1.54) is 31.2 Å². The van der Waals surface area contributed by atoms with Gasteiger partial charge in [0, 0.05) is 12.1 Å². The predicted molar refractivity (Wildman–Crippen MR) is 112 cm³/mol. The number of benzene rings is 2. The second-order valence-corrected chi connectivity index (χ2v) is 6.97. The summed E-state index contributed by atoms with van der Waals surface area (Å²) in [6, 6.07) is 13.1. The molecule has 0 fully saturated rings. The zero-order chi connectivity index (χ0) is 23.0. The predicted octanol–water partition coefficient (Wildman–Crippen LogP) is 1.38.